The van der Waals surface area contributed by atoms with Crippen molar-refractivity contribution in [2.75, 3.05) is 0 Å². The van der Waals surface area contributed by atoms with Crippen LogP contribution in [0.3, 0.4) is 0 Å². The first-order chi connectivity index (χ1) is 11.5. The Balaban J connectivity index is 2.70. The van der Waals surface area contributed by atoms with Gasteiger partial charge in [0.15, 0.2) is 0 Å². The average molecular weight is 365 g/mol. The van der Waals surface area contributed by atoms with Crippen LogP contribution in [0, 0.1) is 0 Å². The van der Waals surface area contributed by atoms with Crippen LogP contribution < -0.4 is 4.74 Å². The molecule has 0 radical (unpaired) electrons. The van der Waals surface area contributed by atoms with Gasteiger partial charge in [-0.1, -0.05) is 12.1 Å². The molecule has 0 saturated carbocycles. The van der Waals surface area contributed by atoms with Crippen molar-refractivity contribution < 1.29 is 41.0 Å². The Labute approximate surface area is 136 Å². The monoisotopic (exact) mass is 365 g/mol. The van der Waals surface area contributed by atoms with Gasteiger partial charge in [0.05, 0.1) is 17.7 Å². The molecule has 25 heavy (non-hydrogen) atoms. The lowest BCUT2D eigenvalue weighted by Gasteiger charge is -2.17. The fourth-order valence-electron chi connectivity index (χ4n) is 2.20. The summed E-state index contributed by atoms with van der Waals surface area (Å²) >= 11 is 0. The molecule has 2 aromatic rings. The van der Waals surface area contributed by atoms with Crippen molar-refractivity contribution in [3.8, 4) is 17.0 Å². The van der Waals surface area contributed by atoms with Crippen LogP contribution in [0.2, 0.25) is 0 Å². The van der Waals surface area contributed by atoms with Gasteiger partial charge in [-0.3, -0.25) is 9.78 Å². The highest BCUT2D eigenvalue weighted by Gasteiger charge is 2.37. The molecule has 0 bridgehead atoms. The lowest BCUT2D eigenvalue weighted by molar-refractivity contribution is -0.274. The molecule has 0 saturated heterocycles. The first-order valence-electron chi connectivity index (χ1n) is 6.61. The number of carbonyl (C=O) groups is 1. The van der Waals surface area contributed by atoms with Gasteiger partial charge in [0.1, 0.15) is 5.75 Å². The number of rotatable bonds is 4. The maximum atomic E-state index is 13.1. The molecule has 1 aromatic heterocycles. The van der Waals surface area contributed by atoms with E-state index < -0.39 is 53.1 Å². The molecule has 4 nitrogen and oxygen atoms in total. The third-order valence-corrected chi connectivity index (χ3v) is 3.06. The van der Waals surface area contributed by atoms with Crippen molar-refractivity contribution in [3.63, 3.8) is 0 Å². The van der Waals surface area contributed by atoms with Gasteiger partial charge in [-0.15, -0.1) is 13.2 Å². The molecule has 10 heteroatoms. The first kappa shape index (κ1) is 18.6. The van der Waals surface area contributed by atoms with Crippen molar-refractivity contribution in [2.45, 2.75) is 19.0 Å². The molecule has 0 unspecified atom stereocenters. The summed E-state index contributed by atoms with van der Waals surface area (Å²) in [6.45, 7) is 0. The minimum absolute atomic E-state index is 0.401. The third kappa shape index (κ3) is 4.61. The number of halogens is 6. The summed E-state index contributed by atoms with van der Waals surface area (Å²) in [5.41, 5.74) is -2.98. The molecule has 0 atom stereocenters. The summed E-state index contributed by atoms with van der Waals surface area (Å²) in [5.74, 6) is -2.37. The Kier molecular flexibility index (Phi) is 4.91. The standard InChI is InChI=1S/C15H9F6NO3/c16-14(17,18)10-5-6-22-13(9(10)7-12(23)24)8-3-1-2-4-11(8)25-15(19,20)21/h1-6H,7H2,(H,23,24). The van der Waals surface area contributed by atoms with E-state index in [1.807, 2.05) is 0 Å². The smallest absolute Gasteiger partial charge is 0.481 e. The van der Waals surface area contributed by atoms with Crippen LogP contribution in [0.4, 0.5) is 26.3 Å². The summed E-state index contributed by atoms with van der Waals surface area (Å²) in [7, 11) is 0. The number of para-hydroxylation sites is 1. The number of alkyl halides is 6. The van der Waals surface area contributed by atoms with Crippen LogP contribution in [0.1, 0.15) is 11.1 Å². The largest absolute Gasteiger partial charge is 0.573 e. The zero-order valence-corrected chi connectivity index (χ0v) is 12.1. The zero-order chi connectivity index (χ0) is 18.8. The predicted molar refractivity (Wildman–Crippen MR) is 72.7 cm³/mol. The molecule has 134 valence electrons. The highest BCUT2D eigenvalue weighted by atomic mass is 19.4. The number of pyridine rings is 1. The summed E-state index contributed by atoms with van der Waals surface area (Å²) in [6.07, 6.45) is -10.3. The van der Waals surface area contributed by atoms with Gasteiger partial charge in [-0.25, -0.2) is 0 Å². The number of carboxylic acids is 1. The van der Waals surface area contributed by atoms with Crippen molar-refractivity contribution in [3.05, 3.63) is 47.7 Å². The minimum atomic E-state index is -5.08. The van der Waals surface area contributed by atoms with Crippen LogP contribution in [-0.4, -0.2) is 22.4 Å². The zero-order valence-electron chi connectivity index (χ0n) is 12.1. The maximum absolute atomic E-state index is 13.1. The van der Waals surface area contributed by atoms with Crippen LogP contribution in [0.25, 0.3) is 11.3 Å². The lowest BCUT2D eigenvalue weighted by Crippen LogP contribution is -2.18. The number of hydrogen-bond acceptors (Lipinski definition) is 3. The number of nitrogens with zero attached hydrogens (tertiary/aromatic N) is 1. The van der Waals surface area contributed by atoms with E-state index in [9.17, 15) is 31.1 Å². The maximum Gasteiger partial charge on any atom is 0.573 e. The van der Waals surface area contributed by atoms with E-state index in [1.165, 1.54) is 12.1 Å². The van der Waals surface area contributed by atoms with Gasteiger partial charge >= 0.3 is 18.5 Å². The Morgan fingerprint density at radius 3 is 2.28 bits per heavy atom. The number of benzene rings is 1. The number of aromatic nitrogens is 1. The molecular formula is C15H9F6NO3. The van der Waals surface area contributed by atoms with Gasteiger partial charge < -0.3 is 9.84 Å². The predicted octanol–water partition coefficient (Wildman–Crippen LogP) is 4.29. The van der Waals surface area contributed by atoms with Crippen LogP contribution in [0.15, 0.2) is 36.5 Å². The van der Waals surface area contributed by atoms with Crippen molar-refractivity contribution in [2.24, 2.45) is 0 Å². The van der Waals surface area contributed by atoms with Gasteiger partial charge in [0.25, 0.3) is 0 Å². The normalized spacial score (nSPS) is 12.1. The number of hydrogen-bond donors (Lipinski definition) is 1. The molecule has 0 fully saturated rings. The second kappa shape index (κ2) is 6.61. The molecule has 2 rings (SSSR count). The molecule has 0 aliphatic rings. The number of carboxylic acid groups (broad SMARTS) is 1. The Morgan fingerprint density at radius 1 is 1.08 bits per heavy atom. The third-order valence-electron chi connectivity index (χ3n) is 3.06. The van der Waals surface area contributed by atoms with Gasteiger partial charge in [0.2, 0.25) is 0 Å². The quantitative estimate of drug-likeness (QED) is 0.821. The Morgan fingerprint density at radius 2 is 1.72 bits per heavy atom. The van der Waals surface area contributed by atoms with Gasteiger partial charge in [0, 0.05) is 17.3 Å². The number of aliphatic carboxylic acids is 1. The van der Waals surface area contributed by atoms with E-state index in [2.05, 4.69) is 9.72 Å². The highest BCUT2D eigenvalue weighted by molar-refractivity contribution is 5.78. The molecular weight excluding hydrogens is 356 g/mol. The molecule has 1 aromatic carbocycles. The first-order valence-corrected chi connectivity index (χ1v) is 6.61. The van der Waals surface area contributed by atoms with Crippen molar-refractivity contribution >= 4 is 5.97 Å². The van der Waals surface area contributed by atoms with E-state index in [0.29, 0.717) is 6.07 Å². The van der Waals surface area contributed by atoms with Gasteiger partial charge in [-0.05, 0) is 18.2 Å². The fourth-order valence-corrected chi connectivity index (χ4v) is 2.20. The van der Waals surface area contributed by atoms with Crippen LogP contribution >= 0.6 is 0 Å². The SMILES string of the molecule is O=C(O)Cc1c(C(F)(F)F)ccnc1-c1ccccc1OC(F)(F)F. The summed E-state index contributed by atoms with van der Waals surface area (Å²) in [4.78, 5) is 14.6. The minimum Gasteiger partial charge on any atom is -0.481 e. The highest BCUT2D eigenvalue weighted by Crippen LogP contribution is 2.39. The number of ether oxygens (including phenoxy) is 1. The summed E-state index contributed by atoms with van der Waals surface area (Å²) < 4.78 is 80.7. The van der Waals surface area contributed by atoms with Gasteiger partial charge in [-0.2, -0.15) is 13.2 Å². The second-order valence-electron chi connectivity index (χ2n) is 4.80. The molecule has 1 heterocycles. The lowest BCUT2D eigenvalue weighted by atomic mass is 9.97. The van der Waals surface area contributed by atoms with E-state index in [-0.39, 0.29) is 0 Å². The Bertz CT molecular complexity index is 786. The summed E-state index contributed by atoms with van der Waals surface area (Å²) in [6, 6.07) is 4.99. The van der Waals surface area contributed by atoms with E-state index in [1.54, 1.807) is 0 Å². The van der Waals surface area contributed by atoms with E-state index in [0.717, 1.165) is 18.3 Å². The average Bonchev–Trinajstić information content (AvgIpc) is 2.45. The van der Waals surface area contributed by atoms with E-state index >= 15 is 0 Å². The second-order valence-corrected chi connectivity index (χ2v) is 4.80. The van der Waals surface area contributed by atoms with Crippen molar-refractivity contribution in [1.82, 2.24) is 4.98 Å². The van der Waals surface area contributed by atoms with Crippen LogP contribution in [-0.2, 0) is 17.4 Å². The molecule has 1 N–H and O–H groups in total. The fraction of sp³-hybridized carbons (Fsp3) is 0.200. The van der Waals surface area contributed by atoms with E-state index in [4.69, 9.17) is 5.11 Å². The molecule has 0 aliphatic carbocycles. The van der Waals surface area contributed by atoms with Crippen LogP contribution in [0.5, 0.6) is 5.75 Å². The summed E-state index contributed by atoms with van der Waals surface area (Å²) in [5, 5.41) is 8.88. The Hall–Kier alpha value is -2.78. The molecule has 0 aliphatic heterocycles. The molecule has 0 amide bonds. The topological polar surface area (TPSA) is 59.4 Å². The molecule has 0 spiro atoms. The van der Waals surface area contributed by atoms with Crippen molar-refractivity contribution in [1.29, 1.82) is 0 Å².